The van der Waals surface area contributed by atoms with E-state index in [4.69, 9.17) is 4.74 Å². The summed E-state index contributed by atoms with van der Waals surface area (Å²) < 4.78 is 46.2. The second kappa shape index (κ2) is 7.87. The lowest BCUT2D eigenvalue weighted by molar-refractivity contribution is -0.302. The fourth-order valence-corrected chi connectivity index (χ4v) is 3.04. The van der Waals surface area contributed by atoms with Crippen LogP contribution in [0.4, 0.5) is 13.2 Å². The smallest absolute Gasteiger partial charge is 0.438 e. The maximum absolute atomic E-state index is 13.6. The first kappa shape index (κ1) is 20.9. The molecule has 0 aromatic heterocycles. The zero-order valence-electron chi connectivity index (χ0n) is 16.0. The Morgan fingerprint density at radius 3 is 2.45 bits per heavy atom. The van der Waals surface area contributed by atoms with E-state index in [1.165, 1.54) is 0 Å². The van der Waals surface area contributed by atoms with Crippen LogP contribution in [0.2, 0.25) is 0 Å². The second-order valence-electron chi connectivity index (χ2n) is 6.85. The van der Waals surface area contributed by atoms with Crippen molar-refractivity contribution >= 4 is 11.6 Å². The van der Waals surface area contributed by atoms with Crippen LogP contribution in [-0.2, 0) is 11.2 Å². The molecular formula is C21H21F3N2O3. The van der Waals surface area contributed by atoms with Gasteiger partial charge in [0, 0.05) is 0 Å². The molecule has 1 N–H and O–H groups in total. The number of carbonyl (C=O) groups excluding carboxylic acids is 1. The summed E-state index contributed by atoms with van der Waals surface area (Å²) in [6.07, 6.45) is -5.15. The number of halogens is 3. The zero-order valence-corrected chi connectivity index (χ0v) is 16.0. The van der Waals surface area contributed by atoms with Crippen LogP contribution >= 0.6 is 0 Å². The third-order valence-electron chi connectivity index (χ3n) is 4.82. The van der Waals surface area contributed by atoms with Crippen molar-refractivity contribution in [1.82, 2.24) is 5.01 Å². The van der Waals surface area contributed by atoms with Crippen LogP contribution < -0.4 is 4.74 Å². The highest BCUT2D eigenvalue weighted by Crippen LogP contribution is 2.41. The van der Waals surface area contributed by atoms with Gasteiger partial charge >= 0.3 is 6.18 Å². The van der Waals surface area contributed by atoms with Crippen LogP contribution in [0.3, 0.4) is 0 Å². The number of alkyl halides is 3. The zero-order chi connectivity index (χ0) is 21.2. The average molecular weight is 406 g/mol. The Hall–Kier alpha value is -2.87. The van der Waals surface area contributed by atoms with Gasteiger partial charge in [0.15, 0.2) is 6.61 Å². The summed E-state index contributed by atoms with van der Waals surface area (Å²) in [6.45, 7) is 3.02. The second-order valence-corrected chi connectivity index (χ2v) is 6.85. The van der Waals surface area contributed by atoms with Crippen LogP contribution in [0.5, 0.6) is 5.75 Å². The van der Waals surface area contributed by atoms with Crippen molar-refractivity contribution in [2.45, 2.75) is 38.6 Å². The predicted molar refractivity (Wildman–Crippen MR) is 101 cm³/mol. The molecule has 29 heavy (non-hydrogen) atoms. The Bertz CT molecular complexity index is 926. The van der Waals surface area contributed by atoms with Gasteiger partial charge in [-0.25, -0.2) is 0 Å². The molecule has 0 unspecified atom stereocenters. The van der Waals surface area contributed by atoms with Gasteiger partial charge in [0.2, 0.25) is 0 Å². The van der Waals surface area contributed by atoms with Gasteiger partial charge in [-0.1, -0.05) is 49.4 Å². The summed E-state index contributed by atoms with van der Waals surface area (Å²) in [4.78, 5) is 12.5. The molecule has 8 heteroatoms. The molecule has 0 spiro atoms. The lowest BCUT2D eigenvalue weighted by atomic mass is 9.99. The number of carbonyl (C=O) groups is 1. The van der Waals surface area contributed by atoms with Crippen molar-refractivity contribution in [3.63, 3.8) is 0 Å². The Labute approximate surface area is 166 Å². The number of amides is 1. The van der Waals surface area contributed by atoms with Crippen LogP contribution in [0, 0.1) is 6.92 Å². The number of rotatable bonds is 5. The van der Waals surface area contributed by atoms with Gasteiger partial charge in [-0.3, -0.25) is 4.79 Å². The first-order valence-corrected chi connectivity index (χ1v) is 9.13. The Morgan fingerprint density at radius 1 is 1.21 bits per heavy atom. The lowest BCUT2D eigenvalue weighted by Gasteiger charge is -2.32. The van der Waals surface area contributed by atoms with Crippen LogP contribution in [-0.4, -0.2) is 40.2 Å². The van der Waals surface area contributed by atoms with Gasteiger partial charge in [0.05, 0.1) is 12.1 Å². The molecule has 0 fully saturated rings. The third-order valence-corrected chi connectivity index (χ3v) is 4.82. The number of nitrogens with zero attached hydrogens (tertiary/aromatic N) is 2. The molecule has 0 saturated carbocycles. The van der Waals surface area contributed by atoms with Crippen molar-refractivity contribution in [1.29, 1.82) is 0 Å². The minimum atomic E-state index is -5.08. The number of hydrogen-bond donors (Lipinski definition) is 1. The molecule has 1 atom stereocenters. The van der Waals surface area contributed by atoms with E-state index in [-0.39, 0.29) is 10.7 Å². The average Bonchev–Trinajstić information content (AvgIpc) is 3.06. The fraction of sp³-hybridized carbons (Fsp3) is 0.333. The number of hydrazone groups is 1. The molecule has 3 rings (SSSR count). The van der Waals surface area contributed by atoms with E-state index in [1.807, 2.05) is 6.92 Å². The number of hydrogen-bond acceptors (Lipinski definition) is 4. The summed E-state index contributed by atoms with van der Waals surface area (Å²) in [5.41, 5.74) is -1.28. The number of aryl methyl sites for hydroxylation is 2. The standard InChI is InChI=1S/C21H21F3N2O3/c1-3-15-8-10-16(11-9-15)17-12-20(28,21(22,23)24)26(25-17)19(27)13-29-18-7-5-4-6-14(18)2/h4-11,28H,3,12-13H2,1-2H3/t20-/m0/s1. The van der Waals surface area contributed by atoms with E-state index < -0.39 is 30.8 Å². The van der Waals surface area contributed by atoms with E-state index in [2.05, 4.69) is 5.10 Å². The van der Waals surface area contributed by atoms with Crippen molar-refractivity contribution in [3.05, 3.63) is 65.2 Å². The van der Waals surface area contributed by atoms with E-state index >= 15 is 0 Å². The van der Waals surface area contributed by atoms with E-state index in [0.29, 0.717) is 11.3 Å². The van der Waals surface area contributed by atoms with Gasteiger partial charge in [0.25, 0.3) is 11.6 Å². The van der Waals surface area contributed by atoms with Gasteiger partial charge < -0.3 is 9.84 Å². The van der Waals surface area contributed by atoms with Crippen LogP contribution in [0.1, 0.15) is 30.0 Å². The van der Waals surface area contributed by atoms with Gasteiger partial charge in [-0.2, -0.15) is 23.3 Å². The minimum absolute atomic E-state index is 0.0169. The van der Waals surface area contributed by atoms with Crippen molar-refractivity contribution in [2.75, 3.05) is 6.61 Å². The summed E-state index contributed by atoms with van der Waals surface area (Å²) in [5, 5.41) is 14.3. The maximum atomic E-state index is 13.6. The molecule has 0 saturated heterocycles. The molecule has 0 bridgehead atoms. The first-order chi connectivity index (χ1) is 13.7. The molecule has 1 aliphatic rings. The quantitative estimate of drug-likeness (QED) is 0.821. The molecule has 2 aromatic rings. The SMILES string of the molecule is CCc1ccc(C2=NN(C(=O)COc3ccccc3C)[C@@](O)(C(F)(F)F)C2)cc1. The molecule has 0 aliphatic carbocycles. The van der Waals surface area contributed by atoms with Crippen molar-refractivity contribution in [3.8, 4) is 5.75 Å². The molecule has 1 heterocycles. The number of para-hydroxylation sites is 1. The fourth-order valence-electron chi connectivity index (χ4n) is 3.04. The molecule has 1 amide bonds. The minimum Gasteiger partial charge on any atom is -0.483 e. The predicted octanol–water partition coefficient (Wildman–Crippen LogP) is 3.82. The van der Waals surface area contributed by atoms with Crippen LogP contribution in [0.15, 0.2) is 53.6 Å². The van der Waals surface area contributed by atoms with Gasteiger partial charge in [-0.15, -0.1) is 0 Å². The van der Waals surface area contributed by atoms with Gasteiger partial charge in [-0.05, 0) is 36.1 Å². The Balaban J connectivity index is 1.86. The largest absolute Gasteiger partial charge is 0.483 e. The van der Waals surface area contributed by atoms with E-state index in [9.17, 15) is 23.1 Å². The third kappa shape index (κ3) is 4.12. The monoisotopic (exact) mass is 406 g/mol. The summed E-state index contributed by atoms with van der Waals surface area (Å²) in [6, 6.07) is 13.6. The highest BCUT2D eigenvalue weighted by Gasteiger charge is 2.63. The van der Waals surface area contributed by atoms with Gasteiger partial charge in [0.1, 0.15) is 5.75 Å². The highest BCUT2D eigenvalue weighted by molar-refractivity contribution is 6.03. The molecule has 2 aromatic carbocycles. The van der Waals surface area contributed by atoms with E-state index in [1.54, 1.807) is 55.5 Å². The number of aliphatic hydroxyl groups is 1. The normalized spacial score (nSPS) is 19.2. The first-order valence-electron chi connectivity index (χ1n) is 9.13. The summed E-state index contributed by atoms with van der Waals surface area (Å²) in [5.74, 6) is -0.719. The summed E-state index contributed by atoms with van der Waals surface area (Å²) >= 11 is 0. The lowest BCUT2D eigenvalue weighted by Crippen LogP contribution is -2.57. The van der Waals surface area contributed by atoms with Crippen molar-refractivity contribution < 1.29 is 27.8 Å². The molecule has 0 radical (unpaired) electrons. The number of ether oxygens (including phenoxy) is 1. The highest BCUT2D eigenvalue weighted by atomic mass is 19.4. The summed E-state index contributed by atoms with van der Waals surface area (Å²) in [7, 11) is 0. The Morgan fingerprint density at radius 2 is 1.86 bits per heavy atom. The topological polar surface area (TPSA) is 62.1 Å². The van der Waals surface area contributed by atoms with E-state index in [0.717, 1.165) is 17.5 Å². The molecule has 154 valence electrons. The molecule has 1 aliphatic heterocycles. The van der Waals surface area contributed by atoms with Crippen molar-refractivity contribution in [2.24, 2.45) is 5.10 Å². The molecule has 5 nitrogen and oxygen atoms in total. The maximum Gasteiger partial charge on any atom is 0.438 e. The number of benzene rings is 2. The molecular weight excluding hydrogens is 385 g/mol. The Kier molecular flexibility index (Phi) is 5.66. The van der Waals surface area contributed by atoms with Crippen LogP contribution in [0.25, 0.3) is 0 Å².